The number of imidazole rings is 1. The highest BCUT2D eigenvalue weighted by atomic mass is 16.5. The molecule has 11 nitrogen and oxygen atoms in total. The molecule has 0 aliphatic heterocycles. The van der Waals surface area contributed by atoms with Gasteiger partial charge in [-0.2, -0.15) is 4.98 Å². The first-order valence-electron chi connectivity index (χ1n) is 10.0. The summed E-state index contributed by atoms with van der Waals surface area (Å²) in [5, 5.41) is 0. The van der Waals surface area contributed by atoms with E-state index in [9.17, 15) is 14.4 Å². The van der Waals surface area contributed by atoms with Gasteiger partial charge in [-0.3, -0.25) is 19.4 Å². The molecule has 5 N–H and O–H groups in total. The molecule has 0 bridgehead atoms. The number of carbonyl (C=O) groups excluding carboxylic acids is 2. The van der Waals surface area contributed by atoms with Gasteiger partial charge in [0.1, 0.15) is 6.04 Å². The highest BCUT2D eigenvalue weighted by Crippen LogP contribution is 2.14. The molecular weight excluding hydrogens is 392 g/mol. The van der Waals surface area contributed by atoms with Crippen LogP contribution in [0, 0.1) is 11.8 Å². The van der Waals surface area contributed by atoms with Crippen LogP contribution < -0.4 is 17.0 Å². The molecule has 2 rings (SSSR count). The van der Waals surface area contributed by atoms with E-state index in [4.69, 9.17) is 20.9 Å². The molecule has 0 saturated heterocycles. The molecule has 0 spiro atoms. The van der Waals surface area contributed by atoms with Crippen molar-refractivity contribution in [3.05, 3.63) is 16.7 Å². The Morgan fingerprint density at radius 2 is 1.97 bits per heavy atom. The van der Waals surface area contributed by atoms with Gasteiger partial charge in [0.25, 0.3) is 5.56 Å². The van der Waals surface area contributed by atoms with Gasteiger partial charge in [0.05, 0.1) is 19.5 Å². The van der Waals surface area contributed by atoms with Crippen LogP contribution in [0.4, 0.5) is 5.95 Å². The van der Waals surface area contributed by atoms with Crippen LogP contribution in [0.2, 0.25) is 0 Å². The molecule has 0 aliphatic rings. The van der Waals surface area contributed by atoms with Crippen molar-refractivity contribution < 1.29 is 19.1 Å². The van der Waals surface area contributed by atoms with Crippen molar-refractivity contribution in [2.75, 3.05) is 18.9 Å². The van der Waals surface area contributed by atoms with Crippen LogP contribution >= 0.6 is 0 Å². The summed E-state index contributed by atoms with van der Waals surface area (Å²) in [5.74, 6) is -1.08. The number of hydrogen-bond acceptors (Lipinski definition) is 9. The summed E-state index contributed by atoms with van der Waals surface area (Å²) in [4.78, 5) is 46.2. The number of esters is 2. The number of ether oxygens (including phenoxy) is 2. The topological polar surface area (TPSA) is 168 Å². The molecule has 166 valence electrons. The molecule has 1 unspecified atom stereocenters. The SMILES string of the molecule is CCC(=O)OCC(CCn1cnc2c(=O)[nH]c(N)nc21)COC(=O)[C@@H](N)[C@@H](C)CC. The van der Waals surface area contributed by atoms with Crippen molar-refractivity contribution in [3.63, 3.8) is 0 Å². The number of hydrogen-bond donors (Lipinski definition) is 3. The molecule has 0 saturated carbocycles. The summed E-state index contributed by atoms with van der Waals surface area (Å²) < 4.78 is 12.3. The lowest BCUT2D eigenvalue weighted by Crippen LogP contribution is -2.39. The molecule has 0 aromatic carbocycles. The number of aryl methyl sites for hydroxylation is 1. The number of aromatic nitrogens is 4. The lowest BCUT2D eigenvalue weighted by Gasteiger charge is -2.21. The maximum Gasteiger partial charge on any atom is 0.323 e. The van der Waals surface area contributed by atoms with Gasteiger partial charge >= 0.3 is 11.9 Å². The fourth-order valence-electron chi connectivity index (χ4n) is 2.77. The molecule has 0 fully saturated rings. The number of nitrogens with zero attached hydrogens (tertiary/aromatic N) is 3. The standard InChI is InChI=1S/C19H30N6O5/c1-4-11(3)14(20)18(28)30-9-12(8-29-13(26)5-2)6-7-25-10-22-15-16(25)23-19(21)24-17(15)27/h10-12,14H,4-9,20H2,1-3H3,(H3,21,23,24,27)/t11-,12?,14-/m0/s1. The largest absolute Gasteiger partial charge is 0.465 e. The number of rotatable bonds is 11. The minimum atomic E-state index is -0.703. The lowest BCUT2D eigenvalue weighted by atomic mass is 10.0. The number of H-pyrrole nitrogens is 1. The van der Waals surface area contributed by atoms with Crippen molar-refractivity contribution >= 4 is 29.1 Å². The first-order valence-corrected chi connectivity index (χ1v) is 10.0. The molecule has 2 aromatic rings. The van der Waals surface area contributed by atoms with Crippen LogP contribution in [0.5, 0.6) is 0 Å². The van der Waals surface area contributed by atoms with Gasteiger partial charge in [0, 0.05) is 18.9 Å². The Kier molecular flexibility index (Phi) is 8.34. The van der Waals surface area contributed by atoms with E-state index in [1.165, 1.54) is 6.33 Å². The number of aromatic amines is 1. The third kappa shape index (κ3) is 6.02. The zero-order chi connectivity index (χ0) is 22.3. The average Bonchev–Trinajstić information content (AvgIpc) is 3.14. The Morgan fingerprint density at radius 3 is 2.63 bits per heavy atom. The fraction of sp³-hybridized carbons (Fsp3) is 0.632. The summed E-state index contributed by atoms with van der Waals surface area (Å²) in [6.45, 7) is 6.11. The third-order valence-corrected chi connectivity index (χ3v) is 5.03. The number of nitrogen functional groups attached to an aromatic ring is 1. The summed E-state index contributed by atoms with van der Waals surface area (Å²) in [6.07, 6.45) is 3.00. The first kappa shape index (κ1) is 23.3. The zero-order valence-electron chi connectivity index (χ0n) is 17.6. The predicted octanol–water partition coefficient (Wildman–Crippen LogP) is 0.578. The second kappa shape index (κ2) is 10.7. The predicted molar refractivity (Wildman–Crippen MR) is 110 cm³/mol. The highest BCUT2D eigenvalue weighted by Gasteiger charge is 2.23. The number of carbonyl (C=O) groups is 2. The van der Waals surface area contributed by atoms with E-state index >= 15 is 0 Å². The molecular formula is C19H30N6O5. The molecule has 0 aliphatic carbocycles. The van der Waals surface area contributed by atoms with Gasteiger partial charge in [0.2, 0.25) is 5.95 Å². The molecule has 0 radical (unpaired) electrons. The smallest absolute Gasteiger partial charge is 0.323 e. The molecule has 2 heterocycles. The van der Waals surface area contributed by atoms with E-state index in [-0.39, 0.29) is 48.9 Å². The summed E-state index contributed by atoms with van der Waals surface area (Å²) in [6, 6.07) is -0.703. The maximum absolute atomic E-state index is 12.2. The summed E-state index contributed by atoms with van der Waals surface area (Å²) in [5.41, 5.74) is 11.7. The third-order valence-electron chi connectivity index (χ3n) is 5.03. The maximum atomic E-state index is 12.2. The molecule has 0 amide bonds. The van der Waals surface area contributed by atoms with Crippen molar-refractivity contribution in [3.8, 4) is 0 Å². The number of nitrogens with one attached hydrogen (secondary N) is 1. The second-order valence-electron chi connectivity index (χ2n) is 7.29. The minimum absolute atomic E-state index is 0.000747. The lowest BCUT2D eigenvalue weighted by molar-refractivity contribution is -0.150. The van der Waals surface area contributed by atoms with Crippen LogP contribution in [0.3, 0.4) is 0 Å². The van der Waals surface area contributed by atoms with E-state index in [0.717, 1.165) is 6.42 Å². The Balaban J connectivity index is 2.05. The van der Waals surface area contributed by atoms with E-state index in [2.05, 4.69) is 15.0 Å². The Labute approximate surface area is 174 Å². The van der Waals surface area contributed by atoms with Crippen molar-refractivity contribution in [1.82, 2.24) is 19.5 Å². The van der Waals surface area contributed by atoms with Crippen LogP contribution in [0.15, 0.2) is 11.1 Å². The number of anilines is 1. The van der Waals surface area contributed by atoms with Crippen LogP contribution in [-0.2, 0) is 25.6 Å². The highest BCUT2D eigenvalue weighted by molar-refractivity contribution is 5.75. The van der Waals surface area contributed by atoms with E-state index in [0.29, 0.717) is 18.6 Å². The van der Waals surface area contributed by atoms with Crippen molar-refractivity contribution in [1.29, 1.82) is 0 Å². The van der Waals surface area contributed by atoms with Crippen molar-refractivity contribution in [2.45, 2.75) is 52.6 Å². The summed E-state index contributed by atoms with van der Waals surface area (Å²) in [7, 11) is 0. The minimum Gasteiger partial charge on any atom is -0.465 e. The number of nitrogens with two attached hydrogens (primary N) is 2. The average molecular weight is 422 g/mol. The quantitative estimate of drug-likeness (QED) is 0.438. The second-order valence-corrected chi connectivity index (χ2v) is 7.29. The van der Waals surface area contributed by atoms with Gasteiger partial charge in [-0.1, -0.05) is 27.2 Å². The van der Waals surface area contributed by atoms with E-state index < -0.39 is 17.6 Å². The van der Waals surface area contributed by atoms with Gasteiger partial charge in [-0.15, -0.1) is 0 Å². The van der Waals surface area contributed by atoms with Crippen molar-refractivity contribution in [2.24, 2.45) is 17.6 Å². The molecule has 11 heteroatoms. The Morgan fingerprint density at radius 1 is 1.27 bits per heavy atom. The normalized spacial score (nSPS) is 14.3. The van der Waals surface area contributed by atoms with E-state index in [1.54, 1.807) is 11.5 Å². The van der Waals surface area contributed by atoms with Crippen LogP contribution in [-0.4, -0.2) is 50.7 Å². The Bertz CT molecular complexity index is 924. The van der Waals surface area contributed by atoms with Gasteiger partial charge < -0.3 is 25.5 Å². The monoisotopic (exact) mass is 422 g/mol. The molecule has 30 heavy (non-hydrogen) atoms. The summed E-state index contributed by atoms with van der Waals surface area (Å²) >= 11 is 0. The van der Waals surface area contributed by atoms with Gasteiger partial charge in [0.15, 0.2) is 11.2 Å². The molecule has 2 aromatic heterocycles. The zero-order valence-corrected chi connectivity index (χ0v) is 17.6. The van der Waals surface area contributed by atoms with Gasteiger partial charge in [-0.05, 0) is 12.3 Å². The fourth-order valence-corrected chi connectivity index (χ4v) is 2.77. The van der Waals surface area contributed by atoms with E-state index in [1.807, 2.05) is 13.8 Å². The first-order chi connectivity index (χ1) is 14.3. The number of fused-ring (bicyclic) bond motifs is 1. The van der Waals surface area contributed by atoms with Crippen LogP contribution in [0.1, 0.15) is 40.0 Å². The Hall–Kier alpha value is -2.95. The van der Waals surface area contributed by atoms with Crippen LogP contribution in [0.25, 0.3) is 11.2 Å². The molecule has 3 atom stereocenters. The van der Waals surface area contributed by atoms with Gasteiger partial charge in [-0.25, -0.2) is 4.98 Å².